The highest BCUT2D eigenvalue weighted by Gasteiger charge is 2.63. The van der Waals surface area contributed by atoms with Gasteiger partial charge in [-0.05, 0) is 24.4 Å². The zero-order chi connectivity index (χ0) is 17.5. The quantitative estimate of drug-likeness (QED) is 0.761. The van der Waals surface area contributed by atoms with Gasteiger partial charge in [-0.2, -0.15) is 23.3 Å². The number of hydrogen-bond acceptors (Lipinski definition) is 3. The highest BCUT2D eigenvalue weighted by Crippen LogP contribution is 2.43. The fourth-order valence-electron chi connectivity index (χ4n) is 2.09. The summed E-state index contributed by atoms with van der Waals surface area (Å²) in [6, 6.07) is 8.52. The minimum atomic E-state index is -4.90. The van der Waals surface area contributed by atoms with Crippen molar-refractivity contribution in [3.05, 3.63) is 30.3 Å². The predicted molar refractivity (Wildman–Crippen MR) is 87.0 cm³/mol. The predicted octanol–water partition coefficient (Wildman–Crippen LogP) is 3.74. The zero-order valence-electron chi connectivity index (χ0n) is 13.0. The molecule has 2 N–H and O–H groups in total. The van der Waals surface area contributed by atoms with Crippen LogP contribution in [0.1, 0.15) is 27.2 Å². The van der Waals surface area contributed by atoms with Crippen LogP contribution < -0.4 is 5.32 Å². The van der Waals surface area contributed by atoms with E-state index in [-0.39, 0.29) is 10.8 Å². The van der Waals surface area contributed by atoms with Gasteiger partial charge in [0.1, 0.15) is 0 Å². The molecule has 126 valence electrons. The molecule has 0 radical (unpaired) electrons. The van der Waals surface area contributed by atoms with Crippen molar-refractivity contribution in [1.29, 1.82) is 0 Å². The van der Waals surface area contributed by atoms with E-state index < -0.39 is 23.7 Å². The molecule has 1 aromatic carbocycles. The molecule has 0 spiro atoms. The average Bonchev–Trinajstić information content (AvgIpc) is 2.79. The van der Waals surface area contributed by atoms with Gasteiger partial charge in [0, 0.05) is 23.2 Å². The molecule has 1 aliphatic rings. The molecule has 4 nitrogen and oxygen atoms in total. The summed E-state index contributed by atoms with van der Waals surface area (Å²) >= 11 is 5.04. The Hall–Kier alpha value is -1.67. The Bertz CT molecular complexity index is 625. The molecule has 0 fully saturated rings. The van der Waals surface area contributed by atoms with E-state index in [2.05, 4.69) is 10.4 Å². The van der Waals surface area contributed by atoms with Crippen LogP contribution in [-0.2, 0) is 0 Å². The van der Waals surface area contributed by atoms with E-state index in [0.717, 1.165) is 0 Å². The van der Waals surface area contributed by atoms with E-state index in [9.17, 15) is 18.3 Å². The smallest absolute Gasteiger partial charge is 0.362 e. The van der Waals surface area contributed by atoms with Gasteiger partial charge in [0.25, 0.3) is 5.72 Å². The third-order valence-electron chi connectivity index (χ3n) is 3.52. The lowest BCUT2D eigenvalue weighted by Crippen LogP contribution is -2.57. The van der Waals surface area contributed by atoms with E-state index in [4.69, 9.17) is 12.2 Å². The maximum absolute atomic E-state index is 13.4. The number of nitrogens with one attached hydrogen (secondary N) is 1. The fraction of sp³-hybridized carbons (Fsp3) is 0.467. The number of alkyl halides is 3. The van der Waals surface area contributed by atoms with Crippen LogP contribution in [0.2, 0.25) is 0 Å². The van der Waals surface area contributed by atoms with E-state index >= 15 is 0 Å². The van der Waals surface area contributed by atoms with Crippen molar-refractivity contribution < 1.29 is 18.3 Å². The Balaban J connectivity index is 2.34. The minimum absolute atomic E-state index is 0.231. The Labute approximate surface area is 138 Å². The van der Waals surface area contributed by atoms with Crippen molar-refractivity contribution in [1.82, 2.24) is 5.01 Å². The summed E-state index contributed by atoms with van der Waals surface area (Å²) in [4.78, 5) is 0. The van der Waals surface area contributed by atoms with Crippen LogP contribution in [0, 0.1) is 5.41 Å². The molecule has 0 amide bonds. The molecular weight excluding hydrogens is 327 g/mol. The van der Waals surface area contributed by atoms with Crippen LogP contribution in [0.4, 0.5) is 18.9 Å². The summed E-state index contributed by atoms with van der Waals surface area (Å²) in [7, 11) is 0. The summed E-state index contributed by atoms with van der Waals surface area (Å²) in [6.07, 6.45) is -5.54. The van der Waals surface area contributed by atoms with Crippen molar-refractivity contribution in [3.63, 3.8) is 0 Å². The second-order valence-electron chi connectivity index (χ2n) is 6.40. The second-order valence-corrected chi connectivity index (χ2v) is 6.78. The van der Waals surface area contributed by atoms with E-state index in [1.54, 1.807) is 51.1 Å². The lowest BCUT2D eigenvalue weighted by Gasteiger charge is -2.34. The lowest BCUT2D eigenvalue weighted by atomic mass is 9.86. The molecule has 0 bridgehead atoms. The monoisotopic (exact) mass is 345 g/mol. The van der Waals surface area contributed by atoms with Crippen molar-refractivity contribution in [3.8, 4) is 0 Å². The summed E-state index contributed by atoms with van der Waals surface area (Å²) in [5.41, 5.74) is -3.01. The van der Waals surface area contributed by atoms with Crippen molar-refractivity contribution in [2.24, 2.45) is 10.5 Å². The highest BCUT2D eigenvalue weighted by atomic mass is 32.1. The third-order valence-corrected chi connectivity index (χ3v) is 3.80. The molecule has 2 rings (SSSR count). The van der Waals surface area contributed by atoms with E-state index in [1.807, 2.05) is 0 Å². The second kappa shape index (κ2) is 5.76. The number of halogens is 3. The van der Waals surface area contributed by atoms with Crippen molar-refractivity contribution in [2.45, 2.75) is 39.1 Å². The summed E-state index contributed by atoms with van der Waals surface area (Å²) < 4.78 is 40.2. The molecule has 1 aromatic rings. The van der Waals surface area contributed by atoms with Gasteiger partial charge < -0.3 is 10.4 Å². The van der Waals surface area contributed by atoms with Crippen LogP contribution in [0.25, 0.3) is 0 Å². The van der Waals surface area contributed by atoms with Crippen LogP contribution in [-0.4, -0.2) is 32.8 Å². The summed E-state index contributed by atoms with van der Waals surface area (Å²) in [6.45, 7) is 5.21. The van der Waals surface area contributed by atoms with Gasteiger partial charge in [0.2, 0.25) is 0 Å². The Kier molecular flexibility index (Phi) is 4.42. The zero-order valence-corrected chi connectivity index (χ0v) is 13.8. The van der Waals surface area contributed by atoms with Gasteiger partial charge in [0.15, 0.2) is 5.11 Å². The van der Waals surface area contributed by atoms with Gasteiger partial charge in [-0.1, -0.05) is 39.0 Å². The van der Waals surface area contributed by atoms with Crippen molar-refractivity contribution >= 4 is 28.7 Å². The van der Waals surface area contributed by atoms with Crippen molar-refractivity contribution in [2.75, 3.05) is 5.32 Å². The first-order chi connectivity index (χ1) is 10.4. The van der Waals surface area contributed by atoms with Gasteiger partial charge in [-0.3, -0.25) is 0 Å². The Morgan fingerprint density at radius 1 is 1.26 bits per heavy atom. The number of hydrazone groups is 1. The minimum Gasteiger partial charge on any atom is -0.362 e. The molecule has 8 heteroatoms. The maximum atomic E-state index is 13.4. The van der Waals surface area contributed by atoms with Crippen LogP contribution in [0.5, 0.6) is 0 Å². The molecule has 0 aromatic heterocycles. The molecule has 0 saturated heterocycles. The SMILES string of the molecule is CC(C)(C)C1=NN(C(=S)Nc2ccccc2)C(O)(C(F)(F)F)C1. The number of benzene rings is 1. The topological polar surface area (TPSA) is 47.9 Å². The normalized spacial score (nSPS) is 22.0. The van der Waals surface area contributed by atoms with E-state index in [0.29, 0.717) is 10.7 Å². The Morgan fingerprint density at radius 2 is 1.83 bits per heavy atom. The molecule has 0 saturated carbocycles. The molecule has 0 aliphatic carbocycles. The lowest BCUT2D eigenvalue weighted by molar-refractivity contribution is -0.294. The fourth-order valence-corrected chi connectivity index (χ4v) is 2.40. The first-order valence-corrected chi connectivity index (χ1v) is 7.39. The highest BCUT2D eigenvalue weighted by molar-refractivity contribution is 7.80. The van der Waals surface area contributed by atoms with Gasteiger partial charge in [0.05, 0.1) is 0 Å². The molecule has 1 unspecified atom stereocenters. The number of anilines is 1. The number of nitrogens with zero attached hydrogens (tertiary/aromatic N) is 2. The molecule has 1 aliphatic heterocycles. The van der Waals surface area contributed by atoms with E-state index in [1.165, 1.54) is 0 Å². The average molecular weight is 345 g/mol. The number of aliphatic hydroxyl groups is 1. The Morgan fingerprint density at radius 3 is 2.30 bits per heavy atom. The molecule has 1 atom stereocenters. The van der Waals surface area contributed by atoms with Gasteiger partial charge >= 0.3 is 6.18 Å². The first kappa shape index (κ1) is 17.7. The first-order valence-electron chi connectivity index (χ1n) is 6.98. The van der Waals surface area contributed by atoms with Gasteiger partial charge in [-0.15, -0.1) is 0 Å². The number of thiocarbonyl (C=S) groups is 1. The molecule has 1 heterocycles. The van der Waals surface area contributed by atoms with Gasteiger partial charge in [-0.25, -0.2) is 0 Å². The number of hydrogen-bond donors (Lipinski definition) is 2. The largest absolute Gasteiger partial charge is 0.438 e. The number of para-hydroxylation sites is 1. The van der Waals surface area contributed by atoms with Crippen LogP contribution in [0.3, 0.4) is 0 Å². The van der Waals surface area contributed by atoms with Crippen LogP contribution >= 0.6 is 12.2 Å². The standard InChI is InChI=1S/C15H18F3N3OS/c1-13(2,3)11-9-14(22,15(16,17)18)21(20-11)12(23)19-10-7-5-4-6-8-10/h4-8,22H,9H2,1-3H3,(H,19,23). The number of rotatable bonds is 1. The molecular formula is C15H18F3N3OS. The third kappa shape index (κ3) is 3.48. The maximum Gasteiger partial charge on any atom is 0.438 e. The summed E-state index contributed by atoms with van der Waals surface area (Å²) in [5, 5.41) is 17.0. The summed E-state index contributed by atoms with van der Waals surface area (Å²) in [5.74, 6) is 0. The molecule has 23 heavy (non-hydrogen) atoms. The van der Waals surface area contributed by atoms with Crippen LogP contribution in [0.15, 0.2) is 35.4 Å².